The van der Waals surface area contributed by atoms with E-state index in [0.29, 0.717) is 31.2 Å². The summed E-state index contributed by atoms with van der Waals surface area (Å²) in [6.45, 7) is 3.92. The van der Waals surface area contributed by atoms with E-state index in [1.165, 1.54) is 36.4 Å². The van der Waals surface area contributed by atoms with Crippen molar-refractivity contribution in [3.63, 3.8) is 0 Å². The van der Waals surface area contributed by atoms with E-state index in [1.807, 2.05) is 19.9 Å². The van der Waals surface area contributed by atoms with Crippen LogP contribution in [0, 0.1) is 33.7 Å². The standard InChI is InChI=1S/C29H30BFN2O7/c1-3-17(12-18-7-9-24(34)23(31)13-18)8-10-25-26-16(2)11-21-27(22(26)15-30(37)40-25)29(36)32(28(21)35)19-5-4-6-20(14-19)33(38)39/h4-7,9,12-14,21-22,25,27,34,37H,3,8,10-11,15H2,1-2H3/b17-12+/t21-,22+,25-,27-/m1/s1. The number of imide groups is 1. The van der Waals surface area contributed by atoms with Gasteiger partial charge in [0.2, 0.25) is 11.8 Å². The van der Waals surface area contributed by atoms with E-state index in [-0.39, 0.29) is 23.6 Å². The van der Waals surface area contributed by atoms with Crippen LogP contribution < -0.4 is 4.90 Å². The molecule has 0 spiro atoms. The number of phenolic OH excluding ortho intramolecular Hbond substituents is 1. The Labute approximate surface area is 231 Å². The lowest BCUT2D eigenvalue weighted by molar-refractivity contribution is -0.384. The number of phenols is 1. The number of rotatable bonds is 7. The van der Waals surface area contributed by atoms with Crippen LogP contribution in [0.2, 0.25) is 6.32 Å². The summed E-state index contributed by atoms with van der Waals surface area (Å²) in [4.78, 5) is 38.9. The molecule has 0 radical (unpaired) electrons. The molecule has 9 nitrogen and oxygen atoms in total. The number of nitro groups is 1. The van der Waals surface area contributed by atoms with Gasteiger partial charge in [-0.25, -0.2) is 9.29 Å². The summed E-state index contributed by atoms with van der Waals surface area (Å²) in [6, 6.07) is 9.71. The SMILES string of the molecule is CC/C(=C\c1ccc(O)c(F)c1)CC[C@H]1OB(O)C[C@H]2C1=C(C)C[C@H]1C(=O)N(c3cccc([N+](=O)[O-])c3)C(=O)[C@H]12. The van der Waals surface area contributed by atoms with Crippen LogP contribution in [-0.2, 0) is 14.2 Å². The zero-order chi connectivity index (χ0) is 28.7. The maximum atomic E-state index is 13.8. The quantitative estimate of drug-likeness (QED) is 0.163. The maximum absolute atomic E-state index is 13.8. The van der Waals surface area contributed by atoms with Crippen molar-refractivity contribution in [2.75, 3.05) is 4.90 Å². The minimum absolute atomic E-state index is 0.172. The van der Waals surface area contributed by atoms with Crippen molar-refractivity contribution in [1.82, 2.24) is 0 Å². The van der Waals surface area contributed by atoms with Gasteiger partial charge in [-0.3, -0.25) is 19.7 Å². The van der Waals surface area contributed by atoms with Gasteiger partial charge in [0.25, 0.3) is 5.69 Å². The van der Waals surface area contributed by atoms with E-state index in [0.717, 1.165) is 21.6 Å². The van der Waals surface area contributed by atoms with Crippen LogP contribution in [0.15, 0.2) is 59.2 Å². The zero-order valence-corrected chi connectivity index (χ0v) is 22.2. The Bertz CT molecular complexity index is 1440. The highest BCUT2D eigenvalue weighted by atomic mass is 19.1. The molecule has 2 aliphatic heterocycles. The number of allylic oxidation sites excluding steroid dienone is 2. The molecule has 2 aromatic rings. The third-order valence-electron chi connectivity index (χ3n) is 8.28. The fourth-order valence-electron chi connectivity index (χ4n) is 6.44. The van der Waals surface area contributed by atoms with Crippen molar-refractivity contribution in [3.05, 3.63) is 80.7 Å². The number of carbonyl (C=O) groups is 2. The van der Waals surface area contributed by atoms with Gasteiger partial charge in [0.05, 0.1) is 28.6 Å². The predicted molar refractivity (Wildman–Crippen MR) is 147 cm³/mol. The number of aromatic hydroxyl groups is 1. The number of nitro benzene ring substituents is 1. The van der Waals surface area contributed by atoms with Crippen LogP contribution in [0.4, 0.5) is 15.8 Å². The number of halogens is 1. The molecule has 3 aliphatic rings. The Hall–Kier alpha value is -3.83. The maximum Gasteiger partial charge on any atom is 0.455 e. The lowest BCUT2D eigenvalue weighted by atomic mass is 9.59. The third kappa shape index (κ3) is 5.06. The molecule has 0 unspecified atom stereocenters. The van der Waals surface area contributed by atoms with Crippen molar-refractivity contribution < 1.29 is 33.7 Å². The third-order valence-corrected chi connectivity index (χ3v) is 8.28. The summed E-state index contributed by atoms with van der Waals surface area (Å²) in [7, 11) is -1.11. The largest absolute Gasteiger partial charge is 0.505 e. The van der Waals surface area contributed by atoms with E-state index in [2.05, 4.69) is 0 Å². The number of amides is 2. The number of non-ortho nitro benzene ring substituents is 1. The van der Waals surface area contributed by atoms with E-state index in [9.17, 15) is 34.2 Å². The first kappa shape index (κ1) is 27.7. The van der Waals surface area contributed by atoms with Crippen LogP contribution in [0.5, 0.6) is 5.75 Å². The van der Waals surface area contributed by atoms with Crippen molar-refractivity contribution >= 4 is 36.4 Å². The Kier molecular flexibility index (Phi) is 7.61. The Balaban J connectivity index is 1.39. The number of nitrogens with zero attached hydrogens (tertiary/aromatic N) is 2. The fourth-order valence-corrected chi connectivity index (χ4v) is 6.44. The highest BCUT2D eigenvalue weighted by Crippen LogP contribution is 2.51. The first-order valence-electron chi connectivity index (χ1n) is 13.4. The van der Waals surface area contributed by atoms with Gasteiger partial charge in [0.1, 0.15) is 0 Å². The highest BCUT2D eigenvalue weighted by Gasteiger charge is 2.57. The van der Waals surface area contributed by atoms with Gasteiger partial charge in [0.15, 0.2) is 11.6 Å². The second kappa shape index (κ2) is 11.0. The molecular formula is C29H30BFN2O7. The van der Waals surface area contributed by atoms with E-state index < -0.39 is 53.4 Å². The molecule has 2 fully saturated rings. The number of carbonyl (C=O) groups excluding carboxylic acids is 2. The molecule has 40 heavy (non-hydrogen) atoms. The summed E-state index contributed by atoms with van der Waals surface area (Å²) in [5.41, 5.74) is 3.50. The Morgan fingerprint density at radius 1 is 1.23 bits per heavy atom. The van der Waals surface area contributed by atoms with Crippen LogP contribution in [0.1, 0.15) is 45.1 Å². The zero-order valence-electron chi connectivity index (χ0n) is 22.2. The number of hydrogen-bond acceptors (Lipinski definition) is 7. The van der Waals surface area contributed by atoms with Gasteiger partial charge in [-0.05, 0) is 74.2 Å². The molecule has 5 rings (SSSR count). The normalized spacial score (nSPS) is 24.9. The average molecular weight is 548 g/mol. The minimum atomic E-state index is -1.11. The molecular weight excluding hydrogens is 518 g/mol. The summed E-state index contributed by atoms with van der Waals surface area (Å²) in [5.74, 6) is -3.60. The van der Waals surface area contributed by atoms with E-state index in [4.69, 9.17) is 4.65 Å². The molecule has 1 aliphatic carbocycles. The molecule has 2 N–H and O–H groups in total. The summed E-state index contributed by atoms with van der Waals surface area (Å²) in [6.07, 6.45) is 3.77. The molecule has 0 saturated carbocycles. The van der Waals surface area contributed by atoms with Crippen molar-refractivity contribution in [2.24, 2.45) is 17.8 Å². The molecule has 4 atom stereocenters. The number of hydrogen-bond donors (Lipinski definition) is 2. The first-order chi connectivity index (χ1) is 19.1. The molecule has 11 heteroatoms. The monoisotopic (exact) mass is 548 g/mol. The van der Waals surface area contributed by atoms with Gasteiger partial charge < -0.3 is 14.8 Å². The second-order valence-electron chi connectivity index (χ2n) is 10.7. The van der Waals surface area contributed by atoms with Gasteiger partial charge in [-0.1, -0.05) is 36.3 Å². The Morgan fingerprint density at radius 2 is 2.00 bits per heavy atom. The fraction of sp³-hybridized carbons (Fsp3) is 0.379. The van der Waals surface area contributed by atoms with E-state index >= 15 is 0 Å². The van der Waals surface area contributed by atoms with Crippen LogP contribution in [0.25, 0.3) is 6.08 Å². The number of benzene rings is 2. The minimum Gasteiger partial charge on any atom is -0.505 e. The number of anilines is 1. The van der Waals surface area contributed by atoms with E-state index in [1.54, 1.807) is 6.07 Å². The van der Waals surface area contributed by atoms with Crippen LogP contribution >= 0.6 is 0 Å². The topological polar surface area (TPSA) is 130 Å². The van der Waals surface area contributed by atoms with Crippen molar-refractivity contribution in [1.29, 1.82) is 0 Å². The average Bonchev–Trinajstić information content (AvgIpc) is 3.17. The van der Waals surface area contributed by atoms with Gasteiger partial charge in [-0.2, -0.15) is 0 Å². The first-order valence-corrected chi connectivity index (χ1v) is 13.4. The van der Waals surface area contributed by atoms with Crippen molar-refractivity contribution in [3.8, 4) is 5.75 Å². The predicted octanol–water partition coefficient (Wildman–Crippen LogP) is 5.03. The Morgan fingerprint density at radius 3 is 2.70 bits per heavy atom. The van der Waals surface area contributed by atoms with Gasteiger partial charge in [0, 0.05) is 12.1 Å². The van der Waals surface area contributed by atoms with Gasteiger partial charge in [-0.15, -0.1) is 0 Å². The van der Waals surface area contributed by atoms with Gasteiger partial charge >= 0.3 is 7.12 Å². The summed E-state index contributed by atoms with van der Waals surface area (Å²) < 4.78 is 19.8. The second-order valence-corrected chi connectivity index (χ2v) is 10.7. The lowest BCUT2D eigenvalue weighted by Gasteiger charge is -2.42. The molecule has 0 bridgehead atoms. The summed E-state index contributed by atoms with van der Waals surface area (Å²) >= 11 is 0. The van der Waals surface area contributed by atoms with Crippen molar-refractivity contribution in [2.45, 2.75) is 52.0 Å². The lowest BCUT2D eigenvalue weighted by Crippen LogP contribution is -2.46. The summed E-state index contributed by atoms with van der Waals surface area (Å²) in [5, 5.41) is 31.4. The smallest absolute Gasteiger partial charge is 0.455 e. The highest BCUT2D eigenvalue weighted by molar-refractivity contribution is 6.43. The molecule has 2 amide bonds. The molecule has 2 saturated heterocycles. The number of fused-ring (bicyclic) bond motifs is 3. The molecule has 2 heterocycles. The molecule has 208 valence electrons. The van der Waals surface area contributed by atoms with Crippen LogP contribution in [-0.4, -0.2) is 40.1 Å². The molecule has 0 aromatic heterocycles. The van der Waals surface area contributed by atoms with Crippen LogP contribution in [0.3, 0.4) is 0 Å². The molecule has 2 aromatic carbocycles.